The first-order chi connectivity index (χ1) is 5.63. The van der Waals surface area contributed by atoms with Gasteiger partial charge in [0, 0.05) is 0 Å². The third-order valence-electron chi connectivity index (χ3n) is 1.82. The van der Waals surface area contributed by atoms with E-state index in [-0.39, 0.29) is 0 Å². The van der Waals surface area contributed by atoms with Gasteiger partial charge in [0.15, 0.2) is 0 Å². The summed E-state index contributed by atoms with van der Waals surface area (Å²) in [4.78, 5) is 0. The topological polar surface area (TPSA) is 26.0 Å². The van der Waals surface area contributed by atoms with E-state index in [1.165, 1.54) is 0 Å². The lowest BCUT2D eigenvalue weighted by atomic mass is 10.0. The largest absolute Gasteiger partial charge is 0.319 e. The maximum atomic E-state index is 12.2. The van der Waals surface area contributed by atoms with E-state index < -0.39 is 12.5 Å². The Bertz CT molecular complexity index is 260. The predicted octanol–water partition coefficient (Wildman–Crippen LogP) is 2.26. The first kappa shape index (κ1) is 9.13. The minimum absolute atomic E-state index is 0.521. The molecule has 1 rings (SSSR count). The molecular formula is C9H11F2N. The van der Waals surface area contributed by atoms with Crippen molar-refractivity contribution in [1.82, 2.24) is 0 Å². The second-order valence-electron chi connectivity index (χ2n) is 2.72. The summed E-state index contributed by atoms with van der Waals surface area (Å²) in [7, 11) is 0. The van der Waals surface area contributed by atoms with Gasteiger partial charge in [-0.3, -0.25) is 0 Å². The van der Waals surface area contributed by atoms with E-state index in [2.05, 4.69) is 0 Å². The SMILES string of the molecule is Cc1ccccc1[C@@H](N)C(F)F. The summed E-state index contributed by atoms with van der Waals surface area (Å²) in [5, 5.41) is 0. The Morgan fingerprint density at radius 3 is 2.33 bits per heavy atom. The zero-order valence-corrected chi connectivity index (χ0v) is 6.80. The Hall–Kier alpha value is -0.960. The number of alkyl halides is 2. The van der Waals surface area contributed by atoms with Gasteiger partial charge >= 0.3 is 0 Å². The molecule has 0 saturated heterocycles. The molecule has 0 unspecified atom stereocenters. The van der Waals surface area contributed by atoms with Crippen LogP contribution in [0.2, 0.25) is 0 Å². The highest BCUT2D eigenvalue weighted by Crippen LogP contribution is 2.20. The molecule has 0 bridgehead atoms. The fraction of sp³-hybridized carbons (Fsp3) is 0.333. The first-order valence-corrected chi connectivity index (χ1v) is 3.72. The molecule has 0 spiro atoms. The molecule has 1 aromatic rings. The van der Waals surface area contributed by atoms with Crippen molar-refractivity contribution in [3.05, 3.63) is 35.4 Å². The number of hydrogen-bond acceptors (Lipinski definition) is 1. The van der Waals surface area contributed by atoms with Crippen LogP contribution in [-0.2, 0) is 0 Å². The fourth-order valence-electron chi connectivity index (χ4n) is 1.10. The zero-order valence-electron chi connectivity index (χ0n) is 6.80. The normalized spacial score (nSPS) is 13.4. The minimum Gasteiger partial charge on any atom is -0.319 e. The number of aryl methyl sites for hydroxylation is 1. The highest BCUT2D eigenvalue weighted by molar-refractivity contribution is 5.28. The van der Waals surface area contributed by atoms with Crippen molar-refractivity contribution in [3.63, 3.8) is 0 Å². The van der Waals surface area contributed by atoms with Crippen molar-refractivity contribution >= 4 is 0 Å². The highest BCUT2D eigenvalue weighted by atomic mass is 19.3. The number of rotatable bonds is 2. The molecule has 0 aliphatic heterocycles. The molecule has 0 heterocycles. The molecule has 2 N–H and O–H groups in total. The molecular weight excluding hydrogens is 160 g/mol. The Morgan fingerprint density at radius 1 is 1.25 bits per heavy atom. The molecule has 1 aromatic carbocycles. The van der Waals surface area contributed by atoms with Crippen LogP contribution >= 0.6 is 0 Å². The monoisotopic (exact) mass is 171 g/mol. The van der Waals surface area contributed by atoms with Gasteiger partial charge in [0.2, 0.25) is 0 Å². The summed E-state index contributed by atoms with van der Waals surface area (Å²) >= 11 is 0. The summed E-state index contributed by atoms with van der Waals surface area (Å²) in [6, 6.07) is 5.76. The van der Waals surface area contributed by atoms with Crippen molar-refractivity contribution in [2.75, 3.05) is 0 Å². The number of hydrogen-bond donors (Lipinski definition) is 1. The Labute approximate surface area is 70.2 Å². The lowest BCUT2D eigenvalue weighted by Gasteiger charge is -2.12. The van der Waals surface area contributed by atoms with E-state index >= 15 is 0 Å². The number of nitrogens with two attached hydrogens (primary N) is 1. The van der Waals surface area contributed by atoms with Crippen LogP contribution in [0.3, 0.4) is 0 Å². The molecule has 0 aliphatic carbocycles. The van der Waals surface area contributed by atoms with E-state index in [1.807, 2.05) is 0 Å². The second kappa shape index (κ2) is 3.63. The summed E-state index contributed by atoms with van der Waals surface area (Å²) < 4.78 is 24.3. The molecule has 1 atom stereocenters. The fourth-order valence-corrected chi connectivity index (χ4v) is 1.10. The van der Waals surface area contributed by atoms with Crippen molar-refractivity contribution in [2.45, 2.75) is 19.4 Å². The van der Waals surface area contributed by atoms with E-state index in [1.54, 1.807) is 31.2 Å². The van der Waals surface area contributed by atoms with Crippen molar-refractivity contribution < 1.29 is 8.78 Å². The molecule has 0 amide bonds. The van der Waals surface area contributed by atoms with Crippen LogP contribution in [-0.4, -0.2) is 6.43 Å². The third-order valence-corrected chi connectivity index (χ3v) is 1.82. The van der Waals surface area contributed by atoms with Crippen molar-refractivity contribution in [1.29, 1.82) is 0 Å². The van der Waals surface area contributed by atoms with Gasteiger partial charge in [0.05, 0.1) is 6.04 Å². The molecule has 12 heavy (non-hydrogen) atoms. The third kappa shape index (κ3) is 1.80. The van der Waals surface area contributed by atoms with Gasteiger partial charge in [0.25, 0.3) is 6.43 Å². The molecule has 0 aliphatic rings. The quantitative estimate of drug-likeness (QED) is 0.725. The van der Waals surface area contributed by atoms with Gasteiger partial charge in [-0.1, -0.05) is 24.3 Å². The van der Waals surface area contributed by atoms with Crippen LogP contribution in [0.4, 0.5) is 8.78 Å². The van der Waals surface area contributed by atoms with Crippen LogP contribution in [0.25, 0.3) is 0 Å². The Balaban J connectivity index is 2.94. The van der Waals surface area contributed by atoms with Gasteiger partial charge in [-0.25, -0.2) is 8.78 Å². The summed E-state index contributed by atoms with van der Waals surface area (Å²) in [5.41, 5.74) is 6.62. The maximum absolute atomic E-state index is 12.2. The molecule has 1 nitrogen and oxygen atoms in total. The zero-order chi connectivity index (χ0) is 9.14. The molecule has 0 aromatic heterocycles. The highest BCUT2D eigenvalue weighted by Gasteiger charge is 2.18. The number of benzene rings is 1. The van der Waals surface area contributed by atoms with Crippen molar-refractivity contribution in [2.24, 2.45) is 5.73 Å². The summed E-state index contributed by atoms with van der Waals surface area (Å²) in [6.45, 7) is 1.78. The lowest BCUT2D eigenvalue weighted by molar-refractivity contribution is 0.116. The van der Waals surface area contributed by atoms with Crippen LogP contribution in [0, 0.1) is 6.92 Å². The smallest absolute Gasteiger partial charge is 0.257 e. The Kier molecular flexibility index (Phi) is 2.76. The van der Waals surface area contributed by atoms with Crippen LogP contribution in [0.5, 0.6) is 0 Å². The number of halogens is 2. The summed E-state index contributed by atoms with van der Waals surface area (Å²) in [6.07, 6.45) is -2.49. The molecule has 66 valence electrons. The van der Waals surface area contributed by atoms with E-state index in [0.29, 0.717) is 5.56 Å². The van der Waals surface area contributed by atoms with Gasteiger partial charge in [0.1, 0.15) is 0 Å². The van der Waals surface area contributed by atoms with Gasteiger partial charge in [-0.2, -0.15) is 0 Å². The first-order valence-electron chi connectivity index (χ1n) is 3.72. The maximum Gasteiger partial charge on any atom is 0.257 e. The van der Waals surface area contributed by atoms with Crippen LogP contribution in [0.1, 0.15) is 17.2 Å². The molecule has 3 heteroatoms. The average molecular weight is 171 g/mol. The van der Waals surface area contributed by atoms with E-state index in [4.69, 9.17) is 5.73 Å². The molecule has 0 fully saturated rings. The second-order valence-corrected chi connectivity index (χ2v) is 2.72. The van der Waals surface area contributed by atoms with E-state index in [9.17, 15) is 8.78 Å². The van der Waals surface area contributed by atoms with Gasteiger partial charge < -0.3 is 5.73 Å². The van der Waals surface area contributed by atoms with Crippen LogP contribution in [0.15, 0.2) is 24.3 Å². The standard InChI is InChI=1S/C9H11F2N/c1-6-4-2-3-5-7(6)8(12)9(10)11/h2-5,8-9H,12H2,1H3/t8-/m1/s1. The predicted molar refractivity (Wildman–Crippen MR) is 44.1 cm³/mol. The van der Waals surface area contributed by atoms with E-state index in [0.717, 1.165) is 5.56 Å². The molecule has 0 saturated carbocycles. The summed E-state index contributed by atoms with van der Waals surface area (Å²) in [5.74, 6) is 0. The minimum atomic E-state index is -2.49. The average Bonchev–Trinajstić information content (AvgIpc) is 2.04. The van der Waals surface area contributed by atoms with Crippen molar-refractivity contribution in [3.8, 4) is 0 Å². The van der Waals surface area contributed by atoms with Crippen LogP contribution < -0.4 is 5.73 Å². The van der Waals surface area contributed by atoms with Gasteiger partial charge in [-0.05, 0) is 18.1 Å². The lowest BCUT2D eigenvalue weighted by Crippen LogP contribution is -2.19. The van der Waals surface area contributed by atoms with Gasteiger partial charge in [-0.15, -0.1) is 0 Å². The Morgan fingerprint density at radius 2 is 1.83 bits per heavy atom. The molecule has 0 radical (unpaired) electrons.